The molecule has 2 bridgehead atoms. The Hall–Kier alpha value is -1.39. The number of esters is 1. The summed E-state index contributed by atoms with van der Waals surface area (Å²) in [6.45, 7) is 0. The fourth-order valence-corrected chi connectivity index (χ4v) is 5.11. The molecule has 4 atom stereocenters. The normalized spacial score (nSPS) is 32.8. The van der Waals surface area contributed by atoms with Crippen LogP contribution in [0.3, 0.4) is 0 Å². The first-order valence-electron chi connectivity index (χ1n) is 9.31. The van der Waals surface area contributed by atoms with Gasteiger partial charge in [0.05, 0.1) is 0 Å². The van der Waals surface area contributed by atoms with Gasteiger partial charge in [0.1, 0.15) is 6.10 Å². The molecule has 2 heterocycles. The molecule has 2 aliphatic heterocycles. The molecule has 2 saturated heterocycles. The van der Waals surface area contributed by atoms with Crippen molar-refractivity contribution in [2.24, 2.45) is 5.92 Å². The molecule has 0 spiro atoms. The van der Waals surface area contributed by atoms with Gasteiger partial charge in [0.25, 0.3) is 0 Å². The van der Waals surface area contributed by atoms with Crippen molar-refractivity contribution in [3.05, 3.63) is 35.9 Å². The molecule has 0 amide bonds. The second-order valence-electron chi connectivity index (χ2n) is 7.76. The maximum Gasteiger partial charge on any atom is 0.343 e. The Bertz CT molecular complexity index is 598. The first kappa shape index (κ1) is 16.1. The highest BCUT2D eigenvalue weighted by atomic mass is 16.6. The Labute approximate surface area is 143 Å². The summed E-state index contributed by atoms with van der Waals surface area (Å²) < 4.78 is 5.92. The molecular formula is C20H27NO3. The number of hydrogen-bond donors (Lipinski definition) is 1. The molecule has 1 saturated carbocycles. The number of fused-ring (bicyclic) bond motifs is 2. The lowest BCUT2D eigenvalue weighted by atomic mass is 9.80. The third kappa shape index (κ3) is 2.47. The molecule has 3 fully saturated rings. The van der Waals surface area contributed by atoms with Crippen LogP contribution in [-0.2, 0) is 15.1 Å². The number of benzene rings is 1. The number of carbonyl (C=O) groups is 1. The Morgan fingerprint density at radius 2 is 1.88 bits per heavy atom. The summed E-state index contributed by atoms with van der Waals surface area (Å²) in [4.78, 5) is 15.4. The number of rotatable bonds is 4. The quantitative estimate of drug-likeness (QED) is 0.863. The third-order valence-corrected chi connectivity index (χ3v) is 6.56. The molecule has 4 nitrogen and oxygen atoms in total. The maximum absolute atomic E-state index is 13.1. The summed E-state index contributed by atoms with van der Waals surface area (Å²) in [5.41, 5.74) is -0.823. The van der Waals surface area contributed by atoms with Gasteiger partial charge in [-0.15, -0.1) is 0 Å². The van der Waals surface area contributed by atoms with Crippen LogP contribution in [0.5, 0.6) is 0 Å². The van der Waals surface area contributed by atoms with E-state index < -0.39 is 11.6 Å². The maximum atomic E-state index is 13.1. The molecule has 0 aromatic heterocycles. The van der Waals surface area contributed by atoms with E-state index >= 15 is 0 Å². The van der Waals surface area contributed by atoms with Crippen LogP contribution in [0.2, 0.25) is 0 Å². The summed E-state index contributed by atoms with van der Waals surface area (Å²) >= 11 is 0. The van der Waals surface area contributed by atoms with E-state index in [-0.39, 0.29) is 12.0 Å². The van der Waals surface area contributed by atoms with Crippen molar-refractivity contribution in [3.8, 4) is 0 Å². The lowest BCUT2D eigenvalue weighted by Crippen LogP contribution is -2.46. The summed E-state index contributed by atoms with van der Waals surface area (Å²) in [7, 11) is 2.12. The second kappa shape index (κ2) is 6.16. The predicted octanol–water partition coefficient (Wildman–Crippen LogP) is 2.84. The largest absolute Gasteiger partial charge is 0.458 e. The van der Waals surface area contributed by atoms with Crippen LogP contribution in [0, 0.1) is 5.92 Å². The van der Waals surface area contributed by atoms with Gasteiger partial charge in [-0.3, -0.25) is 4.90 Å². The van der Waals surface area contributed by atoms with Crippen LogP contribution in [0.1, 0.15) is 50.5 Å². The van der Waals surface area contributed by atoms with Crippen LogP contribution in [0.15, 0.2) is 30.3 Å². The molecule has 1 N–H and O–H groups in total. The van der Waals surface area contributed by atoms with Gasteiger partial charge in [0.2, 0.25) is 0 Å². The average molecular weight is 329 g/mol. The molecule has 130 valence electrons. The number of ether oxygens (including phenoxy) is 1. The summed E-state index contributed by atoms with van der Waals surface area (Å²) in [5.74, 6) is -0.477. The Kier molecular flexibility index (Phi) is 4.13. The molecule has 2 unspecified atom stereocenters. The average Bonchev–Trinajstić information content (AvgIpc) is 3.32. The van der Waals surface area contributed by atoms with Crippen molar-refractivity contribution >= 4 is 5.97 Å². The summed E-state index contributed by atoms with van der Waals surface area (Å²) in [5, 5.41) is 11.5. The van der Waals surface area contributed by atoms with Crippen LogP contribution in [0.25, 0.3) is 0 Å². The minimum atomic E-state index is -1.50. The van der Waals surface area contributed by atoms with Gasteiger partial charge in [-0.05, 0) is 38.3 Å². The standard InChI is InChI=1S/C20H27NO3/c1-21-16-11-12-17(21)18(13-16)24-19(22)20(23,15-9-5-6-10-15)14-7-3-2-4-8-14/h2-4,7-8,15-18,23H,5-6,9-13H2,1H3/t16?,17?,18-,20-/m0/s1. The highest BCUT2D eigenvalue weighted by Gasteiger charge is 2.52. The SMILES string of the molecule is CN1C2CCC1[C@@H](OC(=O)[C@](O)(c1ccccc1)C1CCCC1)C2. The fraction of sp³-hybridized carbons (Fsp3) is 0.650. The number of aliphatic hydroxyl groups is 1. The van der Waals surface area contributed by atoms with E-state index in [1.807, 2.05) is 30.3 Å². The van der Waals surface area contributed by atoms with E-state index in [0.717, 1.165) is 38.5 Å². The first-order valence-corrected chi connectivity index (χ1v) is 9.31. The van der Waals surface area contributed by atoms with Gasteiger partial charge >= 0.3 is 5.97 Å². The molecule has 1 aromatic rings. The van der Waals surface area contributed by atoms with Crippen molar-refractivity contribution in [1.29, 1.82) is 0 Å². The number of nitrogens with zero attached hydrogens (tertiary/aromatic N) is 1. The highest BCUT2D eigenvalue weighted by Crippen LogP contribution is 2.43. The topological polar surface area (TPSA) is 49.8 Å². The minimum Gasteiger partial charge on any atom is -0.458 e. The van der Waals surface area contributed by atoms with Crippen molar-refractivity contribution < 1.29 is 14.6 Å². The van der Waals surface area contributed by atoms with Crippen LogP contribution in [-0.4, -0.2) is 41.2 Å². The lowest BCUT2D eigenvalue weighted by Gasteiger charge is -2.34. The lowest BCUT2D eigenvalue weighted by molar-refractivity contribution is -0.180. The number of hydrogen-bond acceptors (Lipinski definition) is 4. The van der Waals surface area contributed by atoms with Crippen LogP contribution in [0.4, 0.5) is 0 Å². The van der Waals surface area contributed by atoms with Crippen molar-refractivity contribution in [2.45, 2.75) is 68.7 Å². The Morgan fingerprint density at radius 3 is 2.46 bits per heavy atom. The smallest absolute Gasteiger partial charge is 0.343 e. The number of carbonyl (C=O) groups excluding carboxylic acids is 1. The Morgan fingerprint density at radius 1 is 1.17 bits per heavy atom. The van der Waals surface area contributed by atoms with E-state index in [4.69, 9.17) is 4.74 Å². The van der Waals surface area contributed by atoms with E-state index in [0.29, 0.717) is 17.6 Å². The van der Waals surface area contributed by atoms with Crippen molar-refractivity contribution in [1.82, 2.24) is 4.90 Å². The number of likely N-dealkylation sites (N-methyl/N-ethyl adjacent to an activating group) is 1. The zero-order chi connectivity index (χ0) is 16.7. The van der Waals surface area contributed by atoms with E-state index in [1.54, 1.807) is 0 Å². The van der Waals surface area contributed by atoms with E-state index in [2.05, 4.69) is 11.9 Å². The van der Waals surface area contributed by atoms with E-state index in [1.165, 1.54) is 6.42 Å². The Balaban J connectivity index is 1.58. The van der Waals surface area contributed by atoms with Gasteiger partial charge in [-0.2, -0.15) is 0 Å². The second-order valence-corrected chi connectivity index (χ2v) is 7.76. The first-order chi connectivity index (χ1) is 11.6. The molecular weight excluding hydrogens is 302 g/mol. The van der Waals surface area contributed by atoms with E-state index in [9.17, 15) is 9.90 Å². The zero-order valence-corrected chi connectivity index (χ0v) is 14.4. The third-order valence-electron chi connectivity index (χ3n) is 6.56. The molecule has 3 aliphatic rings. The monoisotopic (exact) mass is 329 g/mol. The van der Waals surface area contributed by atoms with Gasteiger partial charge in [-0.25, -0.2) is 4.79 Å². The molecule has 4 rings (SSSR count). The van der Waals surface area contributed by atoms with Gasteiger partial charge in [0.15, 0.2) is 5.60 Å². The summed E-state index contributed by atoms with van der Waals surface area (Å²) in [6.07, 6.45) is 7.04. The minimum absolute atomic E-state index is 0.0382. The molecule has 24 heavy (non-hydrogen) atoms. The van der Waals surface area contributed by atoms with Crippen LogP contribution < -0.4 is 0 Å². The van der Waals surface area contributed by atoms with Gasteiger partial charge in [0, 0.05) is 24.4 Å². The van der Waals surface area contributed by atoms with Crippen molar-refractivity contribution in [2.75, 3.05) is 7.05 Å². The predicted molar refractivity (Wildman–Crippen MR) is 91.4 cm³/mol. The molecule has 0 radical (unpaired) electrons. The molecule has 1 aromatic carbocycles. The summed E-state index contributed by atoms with van der Waals surface area (Å²) in [6, 6.07) is 10.2. The van der Waals surface area contributed by atoms with Gasteiger partial charge < -0.3 is 9.84 Å². The van der Waals surface area contributed by atoms with Gasteiger partial charge in [-0.1, -0.05) is 43.2 Å². The molecule has 4 heteroatoms. The molecule has 1 aliphatic carbocycles. The van der Waals surface area contributed by atoms with Crippen molar-refractivity contribution in [3.63, 3.8) is 0 Å². The fourth-order valence-electron chi connectivity index (χ4n) is 5.11. The van der Waals surface area contributed by atoms with Crippen LogP contribution >= 0.6 is 0 Å². The zero-order valence-electron chi connectivity index (χ0n) is 14.4. The highest BCUT2D eigenvalue weighted by molar-refractivity contribution is 5.82.